The Morgan fingerprint density at radius 2 is 1.74 bits per heavy atom. The summed E-state index contributed by atoms with van der Waals surface area (Å²) >= 11 is 25.0. The van der Waals surface area contributed by atoms with Crippen molar-refractivity contribution in [1.82, 2.24) is 40.3 Å². The lowest BCUT2D eigenvalue weighted by molar-refractivity contribution is -0.145. The molecule has 2 aromatic carbocycles. The highest BCUT2D eigenvalue weighted by Crippen LogP contribution is 2.29. The van der Waals surface area contributed by atoms with Gasteiger partial charge in [-0.2, -0.15) is 23.1 Å². The van der Waals surface area contributed by atoms with Gasteiger partial charge in [0.05, 0.1) is 16.8 Å². The second-order valence-electron chi connectivity index (χ2n) is 10.1. The normalized spacial score (nSPS) is 12.3. The van der Waals surface area contributed by atoms with E-state index in [2.05, 4.69) is 30.8 Å². The van der Waals surface area contributed by atoms with Gasteiger partial charge in [0.25, 0.3) is 11.7 Å². The van der Waals surface area contributed by atoms with Gasteiger partial charge in [0, 0.05) is 33.2 Å². The predicted molar refractivity (Wildman–Crippen MR) is 165 cm³/mol. The molecule has 0 radical (unpaired) electrons. The summed E-state index contributed by atoms with van der Waals surface area (Å²) < 4.78 is 40.2. The summed E-state index contributed by atoms with van der Waals surface area (Å²) in [5, 5.41) is 18.3. The molecule has 0 bridgehead atoms. The maximum absolute atomic E-state index is 13.9. The smallest absolute Gasteiger partial charge is 0.345 e. The van der Waals surface area contributed by atoms with Crippen molar-refractivity contribution in [3.8, 4) is 5.82 Å². The Balaban J connectivity index is 1.48. The monoisotopic (exact) mass is 710 g/mol. The lowest BCUT2D eigenvalue weighted by Crippen LogP contribution is -2.28. The maximum Gasteiger partial charge on any atom is 0.455 e. The third-order valence-corrected chi connectivity index (χ3v) is 7.87. The van der Waals surface area contributed by atoms with Gasteiger partial charge in [-0.3, -0.25) is 9.59 Å². The number of Topliss-reactive ketones (excluding diaryl/α,β-unsaturated/α-hetero) is 1. The van der Waals surface area contributed by atoms with Gasteiger partial charge < -0.3 is 5.32 Å². The van der Waals surface area contributed by atoms with Crippen LogP contribution in [0.15, 0.2) is 54.7 Å². The number of benzene rings is 2. The lowest BCUT2D eigenvalue weighted by atomic mass is 9.95. The van der Waals surface area contributed by atoms with Crippen LogP contribution in [0.2, 0.25) is 20.1 Å². The van der Waals surface area contributed by atoms with Gasteiger partial charge >= 0.3 is 6.18 Å². The number of carbonyl (C=O) groups is 2. The zero-order valence-corrected chi connectivity index (χ0v) is 26.8. The number of nitrogens with one attached hydrogen (secondary N) is 1. The molecule has 238 valence electrons. The largest absolute Gasteiger partial charge is 0.455 e. The SMILES string of the molecule is Cc1cc(Cl)cc(C(=O)NC(C)c2ccc(Cl)cc2Cl)c1CC(=O)c1cc(Cn2nnc(C(F)(F)F)n2)nn1-c1ncccc1Cl. The first kappa shape index (κ1) is 33.3. The van der Waals surface area contributed by atoms with Crippen molar-refractivity contribution < 1.29 is 22.8 Å². The summed E-state index contributed by atoms with van der Waals surface area (Å²) in [6, 6.07) is 11.9. The van der Waals surface area contributed by atoms with Gasteiger partial charge in [0.1, 0.15) is 12.2 Å². The molecule has 0 fully saturated rings. The van der Waals surface area contributed by atoms with E-state index in [1.165, 1.54) is 29.1 Å². The van der Waals surface area contributed by atoms with Crippen molar-refractivity contribution in [2.75, 3.05) is 0 Å². The summed E-state index contributed by atoms with van der Waals surface area (Å²) in [5.41, 5.74) is 1.85. The van der Waals surface area contributed by atoms with Crippen LogP contribution in [-0.4, -0.2) is 46.7 Å². The Labute approximate surface area is 279 Å². The topological polar surface area (TPSA) is 120 Å². The molecule has 0 spiro atoms. The van der Waals surface area contributed by atoms with Gasteiger partial charge in [-0.25, -0.2) is 9.67 Å². The molecule has 3 heterocycles. The number of ketones is 1. The fraction of sp³-hybridized carbons (Fsp3) is 0.207. The molecular formula is C29H21Cl4F3N8O2. The Kier molecular flexibility index (Phi) is 9.68. The summed E-state index contributed by atoms with van der Waals surface area (Å²) in [6.07, 6.45) is -3.64. The number of tetrazole rings is 1. The number of aromatic nitrogens is 7. The molecule has 0 saturated carbocycles. The fourth-order valence-electron chi connectivity index (χ4n) is 4.64. The van der Waals surface area contributed by atoms with E-state index in [0.717, 1.165) is 0 Å². The van der Waals surface area contributed by atoms with Gasteiger partial charge in [0.2, 0.25) is 0 Å². The third kappa shape index (κ3) is 7.33. The Morgan fingerprint density at radius 1 is 0.978 bits per heavy atom. The highest BCUT2D eigenvalue weighted by Gasteiger charge is 2.37. The van der Waals surface area contributed by atoms with Crippen LogP contribution < -0.4 is 5.32 Å². The number of hydrogen-bond donors (Lipinski definition) is 1. The van der Waals surface area contributed by atoms with Crippen LogP contribution in [0.4, 0.5) is 13.2 Å². The molecule has 5 rings (SSSR count). The molecule has 46 heavy (non-hydrogen) atoms. The number of rotatable bonds is 9. The van der Waals surface area contributed by atoms with E-state index in [1.54, 1.807) is 44.2 Å². The molecule has 17 heteroatoms. The second-order valence-corrected chi connectivity index (χ2v) is 11.8. The van der Waals surface area contributed by atoms with Crippen molar-refractivity contribution >= 4 is 58.1 Å². The predicted octanol–water partition coefficient (Wildman–Crippen LogP) is 7.16. The van der Waals surface area contributed by atoms with Crippen LogP contribution in [0.1, 0.15) is 62.0 Å². The number of aryl methyl sites for hydroxylation is 1. The first-order chi connectivity index (χ1) is 21.7. The zero-order valence-electron chi connectivity index (χ0n) is 23.8. The van der Waals surface area contributed by atoms with Crippen molar-refractivity contribution in [2.24, 2.45) is 0 Å². The highest BCUT2D eigenvalue weighted by molar-refractivity contribution is 6.35. The Hall–Kier alpha value is -4.04. The third-order valence-electron chi connectivity index (χ3n) is 6.79. The summed E-state index contributed by atoms with van der Waals surface area (Å²) in [5.74, 6) is -2.34. The molecule has 3 aromatic heterocycles. The van der Waals surface area contributed by atoms with E-state index in [4.69, 9.17) is 46.4 Å². The molecule has 0 saturated heterocycles. The standard InChI is InChI=1S/C29H21Cl4F3N8O2/c1-14-8-17(31)9-21(27(46)38-15(2)19-6-5-16(30)10-23(19)33)20(14)12-25(45)24-11-18(13-43-41-28(39-42-43)29(34,35)36)40-44(24)26-22(32)4-3-7-37-26/h3-11,15H,12-13H2,1-2H3,(H,38,46). The minimum atomic E-state index is -4.79. The van der Waals surface area contributed by atoms with E-state index in [1.807, 2.05) is 0 Å². The van der Waals surface area contributed by atoms with Crippen molar-refractivity contribution in [2.45, 2.75) is 39.0 Å². The molecule has 0 aliphatic carbocycles. The highest BCUT2D eigenvalue weighted by atomic mass is 35.5. The molecule has 1 amide bonds. The number of amides is 1. The number of halogens is 7. The average Bonchev–Trinajstić information content (AvgIpc) is 3.62. The number of carbonyl (C=O) groups excluding carboxylic acids is 2. The molecule has 0 aliphatic heterocycles. The second kappa shape index (κ2) is 13.4. The van der Waals surface area contributed by atoms with Gasteiger partial charge in [-0.05, 0) is 78.2 Å². The summed E-state index contributed by atoms with van der Waals surface area (Å²) in [6.45, 7) is 3.10. The van der Waals surface area contributed by atoms with Crippen LogP contribution >= 0.6 is 46.4 Å². The molecule has 5 aromatic rings. The molecule has 1 unspecified atom stereocenters. The van der Waals surface area contributed by atoms with Crippen LogP contribution in [0.3, 0.4) is 0 Å². The minimum Gasteiger partial charge on any atom is -0.345 e. The fourth-order valence-corrected chi connectivity index (χ4v) is 5.68. The minimum absolute atomic E-state index is 0.00576. The van der Waals surface area contributed by atoms with Gasteiger partial charge in [-0.1, -0.05) is 52.5 Å². The Bertz CT molecular complexity index is 1960. The molecule has 0 aliphatic rings. The van der Waals surface area contributed by atoms with Crippen LogP contribution in [0.25, 0.3) is 5.82 Å². The van der Waals surface area contributed by atoms with Crippen molar-refractivity contribution in [3.05, 3.63) is 114 Å². The van der Waals surface area contributed by atoms with E-state index in [0.29, 0.717) is 31.5 Å². The van der Waals surface area contributed by atoms with E-state index < -0.39 is 29.7 Å². The zero-order chi connectivity index (χ0) is 33.3. The van der Waals surface area contributed by atoms with E-state index in [-0.39, 0.29) is 45.8 Å². The Morgan fingerprint density at radius 3 is 2.41 bits per heavy atom. The molecular weight excluding hydrogens is 691 g/mol. The number of pyridine rings is 1. The van der Waals surface area contributed by atoms with Gasteiger partial charge in [0.15, 0.2) is 11.6 Å². The summed E-state index contributed by atoms with van der Waals surface area (Å²) in [7, 11) is 0. The molecule has 1 atom stereocenters. The first-order valence-electron chi connectivity index (χ1n) is 13.3. The number of nitrogens with zero attached hydrogens (tertiary/aromatic N) is 7. The van der Waals surface area contributed by atoms with E-state index in [9.17, 15) is 22.8 Å². The lowest BCUT2D eigenvalue weighted by Gasteiger charge is -2.19. The molecule has 10 nitrogen and oxygen atoms in total. The maximum atomic E-state index is 13.9. The van der Waals surface area contributed by atoms with Crippen LogP contribution in [0.5, 0.6) is 0 Å². The first-order valence-corrected chi connectivity index (χ1v) is 14.8. The van der Waals surface area contributed by atoms with Crippen LogP contribution in [-0.2, 0) is 19.1 Å². The quantitative estimate of drug-likeness (QED) is 0.161. The molecule has 1 N–H and O–H groups in total. The summed E-state index contributed by atoms with van der Waals surface area (Å²) in [4.78, 5) is 32.4. The van der Waals surface area contributed by atoms with Crippen molar-refractivity contribution in [3.63, 3.8) is 0 Å². The number of alkyl halides is 3. The van der Waals surface area contributed by atoms with Crippen molar-refractivity contribution in [1.29, 1.82) is 0 Å². The average molecular weight is 712 g/mol. The van der Waals surface area contributed by atoms with E-state index >= 15 is 0 Å². The van der Waals surface area contributed by atoms with Crippen LogP contribution in [0, 0.1) is 6.92 Å². The van der Waals surface area contributed by atoms with Gasteiger partial charge in [-0.15, -0.1) is 10.2 Å². The number of hydrogen-bond acceptors (Lipinski definition) is 7.